The average molecular weight is 609 g/mol. The van der Waals surface area contributed by atoms with Crippen LogP contribution in [0.1, 0.15) is 12.8 Å². The number of nitrogens with one attached hydrogen (secondary N) is 1. The Labute approximate surface area is 248 Å². The zero-order chi connectivity index (χ0) is 30.2. The first-order valence-corrected chi connectivity index (χ1v) is 15.6. The normalized spacial score (nSPS) is 23.4. The Morgan fingerprint density at radius 3 is 2.63 bits per heavy atom. The molecule has 0 saturated carbocycles. The van der Waals surface area contributed by atoms with Crippen LogP contribution in [0.25, 0.3) is 11.0 Å². The van der Waals surface area contributed by atoms with E-state index in [9.17, 15) is 23.3 Å². The molecule has 3 N–H and O–H groups in total. The molecule has 3 aromatic rings. The molecule has 0 radical (unpaired) electrons. The van der Waals surface area contributed by atoms with Crippen LogP contribution in [0.15, 0.2) is 71.9 Å². The van der Waals surface area contributed by atoms with Gasteiger partial charge in [0.2, 0.25) is 20.7 Å². The molecule has 1 aromatic carbocycles. The van der Waals surface area contributed by atoms with Gasteiger partial charge in [-0.15, -0.1) is 0 Å². The summed E-state index contributed by atoms with van der Waals surface area (Å²) in [6.07, 6.45) is 10.2. The van der Waals surface area contributed by atoms with E-state index in [0.717, 1.165) is 32.0 Å². The first-order valence-electron chi connectivity index (χ1n) is 14.1. The highest BCUT2D eigenvalue weighted by molar-refractivity contribution is 7.93. The SMILES string of the molecule is NC(=O)C1C=CC=CC1(Oc1cnc2[nH]ccc2c1)S(=O)(=O)c1ccc(N2CCC(N3CCOCC3)CC2)c([N+](=O)[O-])c1. The summed E-state index contributed by atoms with van der Waals surface area (Å²) in [6, 6.07) is 7.53. The van der Waals surface area contributed by atoms with Gasteiger partial charge in [0.25, 0.3) is 5.69 Å². The number of H-pyrrole nitrogens is 1. The number of aromatic amines is 1. The zero-order valence-electron chi connectivity index (χ0n) is 23.3. The topological polar surface area (TPSA) is 174 Å². The number of fused-ring (bicyclic) bond motifs is 1. The van der Waals surface area contributed by atoms with Gasteiger partial charge < -0.3 is 25.1 Å². The molecule has 6 rings (SSSR count). The van der Waals surface area contributed by atoms with Crippen LogP contribution in [-0.2, 0) is 19.4 Å². The number of carbonyl (C=O) groups excluding carboxylic acids is 1. The minimum atomic E-state index is -4.62. The van der Waals surface area contributed by atoms with E-state index >= 15 is 0 Å². The molecule has 3 aliphatic rings. The van der Waals surface area contributed by atoms with E-state index in [4.69, 9.17) is 15.2 Å². The molecular weight excluding hydrogens is 576 g/mol. The van der Waals surface area contributed by atoms with Gasteiger partial charge >= 0.3 is 0 Å². The number of primary amides is 1. The van der Waals surface area contributed by atoms with E-state index in [0.29, 0.717) is 49.1 Å². The van der Waals surface area contributed by atoms with Crippen LogP contribution in [0, 0.1) is 16.0 Å². The smallest absolute Gasteiger partial charge is 0.293 e. The summed E-state index contributed by atoms with van der Waals surface area (Å²) in [4.78, 5) is 33.2. The van der Waals surface area contributed by atoms with Gasteiger partial charge in [-0.2, -0.15) is 0 Å². The second kappa shape index (κ2) is 11.4. The van der Waals surface area contributed by atoms with Crippen molar-refractivity contribution >= 4 is 38.2 Å². The van der Waals surface area contributed by atoms with Crippen LogP contribution in [0.3, 0.4) is 0 Å². The van der Waals surface area contributed by atoms with Crippen molar-refractivity contribution in [3.05, 3.63) is 77.1 Å². The number of ether oxygens (including phenoxy) is 2. The molecule has 13 nitrogen and oxygen atoms in total. The van der Waals surface area contributed by atoms with Crippen molar-refractivity contribution in [3.8, 4) is 5.75 Å². The molecule has 1 amide bonds. The first kappa shape index (κ1) is 28.8. The van der Waals surface area contributed by atoms with E-state index in [-0.39, 0.29) is 16.3 Å². The standard InChI is InChI=1S/C29H32N6O7S/c30-27(36)24-3-1-2-9-29(24,42-22-17-20-6-10-31-28(20)32-19-22)43(39,40)23-4-5-25(26(18-23)35(37)38)34-11-7-21(8-12-34)33-13-15-41-16-14-33/h1-6,9-10,17-19,21,24H,7-8,11-16H2,(H2,30,36)(H,31,32). The lowest BCUT2D eigenvalue weighted by atomic mass is 9.96. The number of hydrogen-bond acceptors (Lipinski definition) is 10. The van der Waals surface area contributed by atoms with E-state index < -0.39 is 31.5 Å². The van der Waals surface area contributed by atoms with Crippen molar-refractivity contribution in [1.29, 1.82) is 0 Å². The third-order valence-corrected chi connectivity index (χ3v) is 10.6. The number of nitrogens with zero attached hydrogens (tertiary/aromatic N) is 4. The summed E-state index contributed by atoms with van der Waals surface area (Å²) in [6.45, 7) is 4.32. The van der Waals surface area contributed by atoms with Crippen molar-refractivity contribution in [3.63, 3.8) is 0 Å². The van der Waals surface area contributed by atoms with Gasteiger partial charge in [-0.3, -0.25) is 19.8 Å². The fourth-order valence-corrected chi connectivity index (χ4v) is 8.02. The maximum atomic E-state index is 14.4. The summed E-state index contributed by atoms with van der Waals surface area (Å²) in [7, 11) is -4.62. The number of sulfone groups is 1. The minimum Gasteiger partial charge on any atom is -0.464 e. The molecule has 2 aromatic heterocycles. The molecule has 1 aliphatic carbocycles. The Balaban J connectivity index is 1.35. The van der Waals surface area contributed by atoms with Crippen molar-refractivity contribution in [2.45, 2.75) is 28.7 Å². The molecule has 4 heterocycles. The van der Waals surface area contributed by atoms with E-state index in [1.54, 1.807) is 18.3 Å². The van der Waals surface area contributed by atoms with Crippen molar-refractivity contribution < 1.29 is 27.6 Å². The number of hydrogen-bond donors (Lipinski definition) is 2. The average Bonchev–Trinajstić information content (AvgIpc) is 3.49. The summed E-state index contributed by atoms with van der Waals surface area (Å²) in [5, 5.41) is 13.0. The number of nitrogens with two attached hydrogens (primary N) is 1. The lowest BCUT2D eigenvalue weighted by Gasteiger charge is -2.40. The molecule has 14 heteroatoms. The monoisotopic (exact) mass is 608 g/mol. The predicted molar refractivity (Wildman–Crippen MR) is 158 cm³/mol. The molecule has 43 heavy (non-hydrogen) atoms. The maximum absolute atomic E-state index is 14.4. The molecule has 2 saturated heterocycles. The van der Waals surface area contributed by atoms with E-state index in [1.807, 2.05) is 4.90 Å². The quantitative estimate of drug-likeness (QED) is 0.286. The third-order valence-electron chi connectivity index (χ3n) is 8.38. The van der Waals surface area contributed by atoms with Gasteiger partial charge in [0.1, 0.15) is 23.0 Å². The lowest BCUT2D eigenvalue weighted by molar-refractivity contribution is -0.384. The van der Waals surface area contributed by atoms with Gasteiger partial charge in [0, 0.05) is 49.9 Å². The first-order chi connectivity index (χ1) is 20.7. The number of pyridine rings is 1. The van der Waals surface area contributed by atoms with Gasteiger partial charge in [-0.1, -0.05) is 18.2 Å². The fraction of sp³-hybridized carbons (Fsp3) is 0.379. The Bertz CT molecular complexity index is 1710. The highest BCUT2D eigenvalue weighted by atomic mass is 32.2. The second-order valence-corrected chi connectivity index (χ2v) is 12.9. The molecule has 2 fully saturated rings. The fourth-order valence-electron chi connectivity index (χ4n) is 6.15. The van der Waals surface area contributed by atoms with Gasteiger partial charge in [0.15, 0.2) is 0 Å². The van der Waals surface area contributed by atoms with E-state index in [1.165, 1.54) is 42.6 Å². The molecule has 2 atom stereocenters. The van der Waals surface area contributed by atoms with Crippen molar-refractivity contribution in [1.82, 2.24) is 14.9 Å². The molecule has 226 valence electrons. The van der Waals surface area contributed by atoms with Gasteiger partial charge in [0.05, 0.1) is 29.2 Å². The highest BCUT2D eigenvalue weighted by Crippen LogP contribution is 2.42. The van der Waals surface area contributed by atoms with Crippen LogP contribution < -0.4 is 15.4 Å². The van der Waals surface area contributed by atoms with Crippen LogP contribution in [0.5, 0.6) is 5.75 Å². The Morgan fingerprint density at radius 2 is 1.91 bits per heavy atom. The number of carbonyl (C=O) groups is 1. The molecule has 2 unspecified atom stereocenters. The number of piperidine rings is 1. The Hall–Kier alpha value is -4.27. The predicted octanol–water partition coefficient (Wildman–Crippen LogP) is 2.55. The van der Waals surface area contributed by atoms with E-state index in [2.05, 4.69) is 14.9 Å². The molecular formula is C29H32N6O7S. The van der Waals surface area contributed by atoms with Crippen LogP contribution in [0.4, 0.5) is 11.4 Å². The van der Waals surface area contributed by atoms with Crippen molar-refractivity contribution in [2.75, 3.05) is 44.3 Å². The summed E-state index contributed by atoms with van der Waals surface area (Å²) in [5.74, 6) is -2.28. The highest BCUT2D eigenvalue weighted by Gasteiger charge is 2.54. The number of anilines is 1. The van der Waals surface area contributed by atoms with Crippen LogP contribution in [-0.4, -0.2) is 84.5 Å². The zero-order valence-corrected chi connectivity index (χ0v) is 24.1. The largest absolute Gasteiger partial charge is 0.464 e. The summed E-state index contributed by atoms with van der Waals surface area (Å²) >= 11 is 0. The number of amides is 1. The number of nitro benzene ring substituents is 1. The summed E-state index contributed by atoms with van der Waals surface area (Å²) in [5.41, 5.74) is 6.26. The number of benzene rings is 1. The molecule has 0 spiro atoms. The molecule has 0 bridgehead atoms. The number of nitro groups is 1. The number of aromatic nitrogens is 2. The Morgan fingerprint density at radius 1 is 1.14 bits per heavy atom. The second-order valence-electron chi connectivity index (χ2n) is 10.8. The Kier molecular flexibility index (Phi) is 7.66. The summed E-state index contributed by atoms with van der Waals surface area (Å²) < 4.78 is 40.4. The number of allylic oxidation sites excluding steroid dienone is 2. The number of rotatable bonds is 8. The van der Waals surface area contributed by atoms with Crippen molar-refractivity contribution in [2.24, 2.45) is 11.7 Å². The minimum absolute atomic E-state index is 0.0798. The van der Waals surface area contributed by atoms with Crippen LogP contribution in [0.2, 0.25) is 0 Å². The third kappa shape index (κ3) is 5.26. The number of morpholine rings is 1. The van der Waals surface area contributed by atoms with Gasteiger partial charge in [-0.05, 0) is 43.2 Å². The maximum Gasteiger partial charge on any atom is 0.293 e. The molecule has 2 aliphatic heterocycles. The van der Waals surface area contributed by atoms with Crippen LogP contribution >= 0.6 is 0 Å². The van der Waals surface area contributed by atoms with Gasteiger partial charge in [-0.25, -0.2) is 13.4 Å². The lowest BCUT2D eigenvalue weighted by Crippen LogP contribution is -2.54.